The van der Waals surface area contributed by atoms with Gasteiger partial charge in [-0.15, -0.1) is 0 Å². The number of hydrogen-bond donors (Lipinski definition) is 1. The molecule has 1 aliphatic rings. The van der Waals surface area contributed by atoms with Crippen LogP contribution in [0.15, 0.2) is 21.2 Å². The Kier molecular flexibility index (Phi) is 4.71. The summed E-state index contributed by atoms with van der Waals surface area (Å²) in [5.41, 5.74) is -0.250. The van der Waals surface area contributed by atoms with Gasteiger partial charge in [0.2, 0.25) is 5.91 Å². The van der Waals surface area contributed by atoms with E-state index in [0.717, 1.165) is 16.9 Å². The number of furan rings is 1. The fraction of sp³-hybridized carbons (Fsp3) is 0.667. The third kappa shape index (κ3) is 3.62. The van der Waals surface area contributed by atoms with Crippen LogP contribution in [0.5, 0.6) is 0 Å². The molecule has 0 bridgehead atoms. The van der Waals surface area contributed by atoms with Gasteiger partial charge in [0.1, 0.15) is 5.76 Å². The molecule has 0 radical (unpaired) electrons. The third-order valence-electron chi connectivity index (χ3n) is 4.25. The van der Waals surface area contributed by atoms with Crippen LogP contribution in [0, 0.1) is 11.3 Å². The third-order valence-corrected chi connectivity index (χ3v) is 4.67. The summed E-state index contributed by atoms with van der Waals surface area (Å²) in [4.78, 5) is 12.3. The first-order valence-corrected chi connectivity index (χ1v) is 7.82. The number of carbonyl (C=O) groups excluding carboxylic acids is 1. The van der Waals surface area contributed by atoms with E-state index in [0.29, 0.717) is 12.5 Å². The number of rotatable bonds is 5. The van der Waals surface area contributed by atoms with Crippen LogP contribution in [0.25, 0.3) is 0 Å². The van der Waals surface area contributed by atoms with E-state index in [9.17, 15) is 4.79 Å². The maximum Gasteiger partial charge on any atom is 0.225 e. The summed E-state index contributed by atoms with van der Waals surface area (Å²) in [7, 11) is 0. The molecular formula is C15H22BrNO2. The molecule has 1 amide bonds. The largest absolute Gasteiger partial charge is 0.454 e. The van der Waals surface area contributed by atoms with Crippen LogP contribution in [0.2, 0.25) is 0 Å². The van der Waals surface area contributed by atoms with Crippen molar-refractivity contribution in [3.8, 4) is 0 Å². The average molecular weight is 328 g/mol. The molecule has 1 aromatic rings. The zero-order valence-corrected chi connectivity index (χ0v) is 13.3. The molecule has 106 valence electrons. The number of halogens is 1. The van der Waals surface area contributed by atoms with Gasteiger partial charge in [0.15, 0.2) is 4.67 Å². The Balaban J connectivity index is 1.80. The minimum Gasteiger partial charge on any atom is -0.454 e. The van der Waals surface area contributed by atoms with E-state index in [2.05, 4.69) is 35.1 Å². The summed E-state index contributed by atoms with van der Waals surface area (Å²) in [6, 6.07) is 3.80. The number of nitrogens with one attached hydrogen (secondary N) is 1. The second-order valence-electron chi connectivity index (χ2n) is 5.91. The Morgan fingerprint density at radius 3 is 2.68 bits per heavy atom. The Morgan fingerprint density at radius 2 is 2.11 bits per heavy atom. The van der Waals surface area contributed by atoms with Crippen LogP contribution in [0.4, 0.5) is 0 Å². The van der Waals surface area contributed by atoms with Crippen molar-refractivity contribution in [3.63, 3.8) is 0 Å². The summed E-state index contributed by atoms with van der Waals surface area (Å²) in [6.45, 7) is 4.78. The van der Waals surface area contributed by atoms with E-state index >= 15 is 0 Å². The van der Waals surface area contributed by atoms with Gasteiger partial charge in [-0.3, -0.25) is 4.79 Å². The van der Waals surface area contributed by atoms with Gasteiger partial charge in [0, 0.05) is 18.4 Å². The minimum absolute atomic E-state index is 0.171. The van der Waals surface area contributed by atoms with E-state index in [1.165, 1.54) is 25.7 Å². The first-order valence-electron chi connectivity index (χ1n) is 7.02. The second kappa shape index (κ2) is 6.12. The Morgan fingerprint density at radius 1 is 1.42 bits per heavy atom. The van der Waals surface area contributed by atoms with Crippen LogP contribution in [-0.2, 0) is 11.2 Å². The number of amides is 1. The lowest BCUT2D eigenvalue weighted by atomic mass is 9.77. The lowest BCUT2D eigenvalue weighted by molar-refractivity contribution is -0.132. The zero-order valence-electron chi connectivity index (χ0n) is 11.7. The van der Waals surface area contributed by atoms with E-state index in [1.807, 2.05) is 12.1 Å². The monoisotopic (exact) mass is 327 g/mol. The topological polar surface area (TPSA) is 42.2 Å². The van der Waals surface area contributed by atoms with Crippen LogP contribution in [0.1, 0.15) is 45.3 Å². The van der Waals surface area contributed by atoms with Crippen LogP contribution in [0.3, 0.4) is 0 Å². The molecule has 4 heteroatoms. The van der Waals surface area contributed by atoms with E-state index in [1.54, 1.807) is 0 Å². The quantitative estimate of drug-likeness (QED) is 0.890. The average Bonchev–Trinajstić information content (AvgIpc) is 3.00. The molecule has 0 aliphatic heterocycles. The van der Waals surface area contributed by atoms with Crippen molar-refractivity contribution in [3.05, 3.63) is 22.6 Å². The number of hydrogen-bond acceptors (Lipinski definition) is 2. The van der Waals surface area contributed by atoms with Crippen LogP contribution in [-0.4, -0.2) is 12.5 Å². The SMILES string of the molecule is CC(C)(C(=O)NCCc1ccc(Br)o1)C1CCCC1. The summed E-state index contributed by atoms with van der Waals surface area (Å²) in [5, 5.41) is 3.04. The molecule has 0 saturated heterocycles. The van der Waals surface area contributed by atoms with Crippen LogP contribution >= 0.6 is 15.9 Å². The van der Waals surface area contributed by atoms with Gasteiger partial charge in [0.05, 0.1) is 0 Å². The van der Waals surface area contributed by atoms with Crippen molar-refractivity contribution >= 4 is 21.8 Å². The molecule has 1 fully saturated rings. The molecule has 0 aromatic carbocycles. The standard InChI is InChI=1S/C15H22BrNO2/c1-15(2,11-5-3-4-6-11)14(18)17-10-9-12-7-8-13(16)19-12/h7-8,11H,3-6,9-10H2,1-2H3,(H,17,18). The second-order valence-corrected chi connectivity index (χ2v) is 6.70. The molecule has 19 heavy (non-hydrogen) atoms. The van der Waals surface area contributed by atoms with Crippen molar-refractivity contribution < 1.29 is 9.21 Å². The normalized spacial score (nSPS) is 16.8. The first kappa shape index (κ1) is 14.6. The van der Waals surface area contributed by atoms with Crippen molar-refractivity contribution in [2.24, 2.45) is 11.3 Å². The molecule has 1 saturated carbocycles. The van der Waals surface area contributed by atoms with Gasteiger partial charge < -0.3 is 9.73 Å². The van der Waals surface area contributed by atoms with Gasteiger partial charge in [-0.05, 0) is 46.8 Å². The van der Waals surface area contributed by atoms with Crippen molar-refractivity contribution in [1.82, 2.24) is 5.32 Å². The predicted molar refractivity (Wildman–Crippen MR) is 78.9 cm³/mol. The Labute approximate surface area is 123 Å². The molecule has 1 aliphatic carbocycles. The molecule has 0 atom stereocenters. The highest BCUT2D eigenvalue weighted by molar-refractivity contribution is 9.10. The van der Waals surface area contributed by atoms with Crippen LogP contribution < -0.4 is 5.32 Å². The summed E-state index contributed by atoms with van der Waals surface area (Å²) in [5.74, 6) is 1.60. The molecule has 1 aromatic heterocycles. The highest BCUT2D eigenvalue weighted by Crippen LogP contribution is 2.39. The summed E-state index contributed by atoms with van der Waals surface area (Å²) >= 11 is 3.28. The fourth-order valence-corrected chi connectivity index (χ4v) is 3.19. The Bertz CT molecular complexity index is 433. The summed E-state index contributed by atoms with van der Waals surface area (Å²) < 4.78 is 6.15. The molecule has 2 rings (SSSR count). The highest BCUT2D eigenvalue weighted by Gasteiger charge is 2.37. The van der Waals surface area contributed by atoms with E-state index < -0.39 is 0 Å². The van der Waals surface area contributed by atoms with E-state index in [-0.39, 0.29) is 11.3 Å². The zero-order chi connectivity index (χ0) is 13.9. The maximum atomic E-state index is 12.3. The summed E-state index contributed by atoms with van der Waals surface area (Å²) in [6.07, 6.45) is 5.64. The van der Waals surface area contributed by atoms with Crippen molar-refractivity contribution in [1.29, 1.82) is 0 Å². The van der Waals surface area contributed by atoms with Gasteiger partial charge in [-0.2, -0.15) is 0 Å². The van der Waals surface area contributed by atoms with Gasteiger partial charge in [-0.1, -0.05) is 26.7 Å². The Hall–Kier alpha value is -0.770. The molecule has 0 unspecified atom stereocenters. The molecule has 1 heterocycles. The van der Waals surface area contributed by atoms with Gasteiger partial charge in [-0.25, -0.2) is 0 Å². The maximum absolute atomic E-state index is 12.3. The fourth-order valence-electron chi connectivity index (χ4n) is 2.85. The van der Waals surface area contributed by atoms with E-state index in [4.69, 9.17) is 4.42 Å². The van der Waals surface area contributed by atoms with Gasteiger partial charge in [0.25, 0.3) is 0 Å². The first-order chi connectivity index (χ1) is 9.00. The lowest BCUT2D eigenvalue weighted by Crippen LogP contribution is -2.41. The van der Waals surface area contributed by atoms with Crippen molar-refractivity contribution in [2.45, 2.75) is 46.0 Å². The molecule has 3 nitrogen and oxygen atoms in total. The predicted octanol–water partition coefficient (Wildman–Crippen LogP) is 3.92. The highest BCUT2D eigenvalue weighted by atomic mass is 79.9. The number of carbonyl (C=O) groups is 1. The molecule has 0 spiro atoms. The van der Waals surface area contributed by atoms with Crippen molar-refractivity contribution in [2.75, 3.05) is 6.54 Å². The molecular weight excluding hydrogens is 306 g/mol. The lowest BCUT2D eigenvalue weighted by Gasteiger charge is -2.30. The minimum atomic E-state index is -0.250. The smallest absolute Gasteiger partial charge is 0.225 e. The van der Waals surface area contributed by atoms with Gasteiger partial charge >= 0.3 is 0 Å². The molecule has 1 N–H and O–H groups in total.